The number of rotatable bonds is 2. The highest BCUT2D eigenvalue weighted by Crippen LogP contribution is 2.34. The molecule has 1 aromatic carbocycles. The average Bonchev–Trinajstić information content (AvgIpc) is 3.06. The lowest BCUT2D eigenvalue weighted by Crippen LogP contribution is -2.23. The number of fused-ring (bicyclic) bond motifs is 3. The second-order valence-electron chi connectivity index (χ2n) is 6.29. The Morgan fingerprint density at radius 2 is 2.04 bits per heavy atom. The first-order chi connectivity index (χ1) is 12.1. The summed E-state index contributed by atoms with van der Waals surface area (Å²) in [5.41, 5.74) is 4.44. The maximum Gasteiger partial charge on any atom is 0.343 e. The molecule has 1 aliphatic carbocycles. The lowest BCUT2D eigenvalue weighted by Gasteiger charge is -2.25. The predicted octanol–water partition coefficient (Wildman–Crippen LogP) is 2.74. The molecule has 0 fully saturated rings. The second-order valence-corrected chi connectivity index (χ2v) is 6.29. The summed E-state index contributed by atoms with van der Waals surface area (Å²) in [6, 6.07) is 8.11. The molecule has 0 saturated heterocycles. The van der Waals surface area contributed by atoms with E-state index in [9.17, 15) is 9.59 Å². The van der Waals surface area contributed by atoms with Gasteiger partial charge >= 0.3 is 5.97 Å². The number of carbonyl (C=O) groups is 2. The zero-order valence-electron chi connectivity index (χ0n) is 14.0. The molecule has 25 heavy (non-hydrogen) atoms. The molecular formula is C19H17N3O3. The average molecular weight is 335 g/mol. The van der Waals surface area contributed by atoms with Gasteiger partial charge in [-0.15, -0.1) is 0 Å². The summed E-state index contributed by atoms with van der Waals surface area (Å²) in [5, 5.41) is 4.29. The maximum atomic E-state index is 12.6. The fraction of sp³-hybridized carbons (Fsp3) is 0.263. The summed E-state index contributed by atoms with van der Waals surface area (Å²) in [6.07, 6.45) is 4.12. The van der Waals surface area contributed by atoms with Gasteiger partial charge in [0.25, 0.3) is 0 Å². The van der Waals surface area contributed by atoms with Gasteiger partial charge in [0.15, 0.2) is 11.4 Å². The standard InChI is InChI=1S/C19H17N3O3/c1-11-5-3-4-6-13(11)12-7-16-14(17(23)8-12)9-20-18-15(19(24)25-2)10-21-22(16)18/h3-6,9-10,12H,7-8H2,1-2H3. The van der Waals surface area contributed by atoms with Crippen molar-refractivity contribution in [1.82, 2.24) is 14.6 Å². The highest BCUT2D eigenvalue weighted by molar-refractivity contribution is 6.00. The number of esters is 1. The van der Waals surface area contributed by atoms with Crippen LogP contribution in [-0.4, -0.2) is 33.5 Å². The normalized spacial score (nSPS) is 16.7. The van der Waals surface area contributed by atoms with E-state index in [0.29, 0.717) is 29.6 Å². The predicted molar refractivity (Wildman–Crippen MR) is 90.9 cm³/mol. The van der Waals surface area contributed by atoms with Crippen molar-refractivity contribution < 1.29 is 14.3 Å². The highest BCUT2D eigenvalue weighted by atomic mass is 16.5. The van der Waals surface area contributed by atoms with E-state index in [4.69, 9.17) is 4.74 Å². The van der Waals surface area contributed by atoms with Crippen LogP contribution in [0.1, 0.15) is 49.9 Å². The van der Waals surface area contributed by atoms with Gasteiger partial charge in [-0.3, -0.25) is 4.79 Å². The molecule has 0 N–H and O–H groups in total. The minimum Gasteiger partial charge on any atom is -0.465 e. The first kappa shape index (κ1) is 15.5. The Kier molecular flexibility index (Phi) is 3.60. The summed E-state index contributed by atoms with van der Waals surface area (Å²) < 4.78 is 6.38. The molecule has 1 atom stereocenters. The van der Waals surface area contributed by atoms with E-state index in [1.807, 2.05) is 12.1 Å². The van der Waals surface area contributed by atoms with Crippen LogP contribution in [0.15, 0.2) is 36.7 Å². The van der Waals surface area contributed by atoms with Crippen molar-refractivity contribution in [1.29, 1.82) is 0 Å². The van der Waals surface area contributed by atoms with Crippen molar-refractivity contribution in [3.05, 3.63) is 64.6 Å². The molecule has 1 aliphatic rings. The number of ether oxygens (including phenoxy) is 1. The largest absolute Gasteiger partial charge is 0.465 e. The molecule has 0 aliphatic heterocycles. The van der Waals surface area contributed by atoms with Gasteiger partial charge in [-0.25, -0.2) is 14.3 Å². The molecule has 4 rings (SSSR count). The SMILES string of the molecule is COC(=O)c1cnn2c3c(cnc12)C(=O)CC(c1ccccc1C)C3. The fourth-order valence-corrected chi connectivity index (χ4v) is 3.57. The fourth-order valence-electron chi connectivity index (χ4n) is 3.57. The van der Waals surface area contributed by atoms with Gasteiger partial charge in [0.05, 0.1) is 24.6 Å². The van der Waals surface area contributed by atoms with Crippen molar-refractivity contribution in [2.24, 2.45) is 0 Å². The van der Waals surface area contributed by atoms with Crippen LogP contribution in [0.2, 0.25) is 0 Å². The van der Waals surface area contributed by atoms with Crippen molar-refractivity contribution in [3.8, 4) is 0 Å². The molecule has 1 unspecified atom stereocenters. The molecule has 0 spiro atoms. The zero-order valence-corrected chi connectivity index (χ0v) is 14.0. The van der Waals surface area contributed by atoms with Crippen LogP contribution in [0.3, 0.4) is 0 Å². The Balaban J connectivity index is 1.84. The molecule has 2 aromatic heterocycles. The van der Waals surface area contributed by atoms with E-state index in [2.05, 4.69) is 29.1 Å². The topological polar surface area (TPSA) is 73.6 Å². The van der Waals surface area contributed by atoms with Gasteiger partial charge in [-0.05, 0) is 30.4 Å². The van der Waals surface area contributed by atoms with Crippen LogP contribution in [0.5, 0.6) is 0 Å². The van der Waals surface area contributed by atoms with E-state index in [-0.39, 0.29) is 11.7 Å². The van der Waals surface area contributed by atoms with E-state index in [0.717, 1.165) is 5.69 Å². The van der Waals surface area contributed by atoms with Gasteiger partial charge < -0.3 is 4.74 Å². The smallest absolute Gasteiger partial charge is 0.343 e. The quantitative estimate of drug-likeness (QED) is 0.673. The van der Waals surface area contributed by atoms with Crippen LogP contribution in [-0.2, 0) is 11.2 Å². The molecule has 0 saturated carbocycles. The van der Waals surface area contributed by atoms with Crippen LogP contribution in [0, 0.1) is 6.92 Å². The molecule has 126 valence electrons. The Morgan fingerprint density at radius 3 is 2.80 bits per heavy atom. The molecule has 0 amide bonds. The van der Waals surface area contributed by atoms with Crippen LogP contribution < -0.4 is 0 Å². The van der Waals surface area contributed by atoms with E-state index >= 15 is 0 Å². The summed E-state index contributed by atoms with van der Waals surface area (Å²) in [6.45, 7) is 2.06. The van der Waals surface area contributed by atoms with Crippen LogP contribution in [0.25, 0.3) is 5.65 Å². The summed E-state index contributed by atoms with van der Waals surface area (Å²) in [5.74, 6) is -0.336. The van der Waals surface area contributed by atoms with Crippen LogP contribution >= 0.6 is 0 Å². The third kappa shape index (κ3) is 2.41. The number of Topliss-reactive ketones (excluding diaryl/α,β-unsaturated/α-hetero) is 1. The van der Waals surface area contributed by atoms with Gasteiger partial charge in [-0.2, -0.15) is 5.10 Å². The molecule has 2 heterocycles. The van der Waals surface area contributed by atoms with Gasteiger partial charge in [0.1, 0.15) is 5.56 Å². The Labute approximate surface area is 144 Å². The van der Waals surface area contributed by atoms with Crippen molar-refractivity contribution >= 4 is 17.4 Å². The lowest BCUT2D eigenvalue weighted by molar-refractivity contribution is 0.0602. The Morgan fingerprint density at radius 1 is 1.24 bits per heavy atom. The van der Waals surface area contributed by atoms with Crippen molar-refractivity contribution in [3.63, 3.8) is 0 Å². The number of aryl methyl sites for hydroxylation is 1. The number of hydrogen-bond acceptors (Lipinski definition) is 5. The first-order valence-corrected chi connectivity index (χ1v) is 8.12. The number of methoxy groups -OCH3 is 1. The van der Waals surface area contributed by atoms with E-state index < -0.39 is 5.97 Å². The summed E-state index contributed by atoms with van der Waals surface area (Å²) in [7, 11) is 1.32. The molecule has 0 radical (unpaired) electrons. The molecule has 6 heteroatoms. The number of ketones is 1. The van der Waals surface area contributed by atoms with E-state index in [1.165, 1.54) is 24.4 Å². The minimum atomic E-state index is -0.486. The molecule has 3 aromatic rings. The first-order valence-electron chi connectivity index (χ1n) is 8.12. The second kappa shape index (κ2) is 5.81. The van der Waals surface area contributed by atoms with Crippen LogP contribution in [0.4, 0.5) is 0 Å². The van der Waals surface area contributed by atoms with Gasteiger partial charge in [0, 0.05) is 12.6 Å². The van der Waals surface area contributed by atoms with E-state index in [1.54, 1.807) is 10.7 Å². The third-order valence-electron chi connectivity index (χ3n) is 4.83. The summed E-state index contributed by atoms with van der Waals surface area (Å²) in [4.78, 5) is 28.8. The number of aromatic nitrogens is 3. The Bertz CT molecular complexity index is 1010. The summed E-state index contributed by atoms with van der Waals surface area (Å²) >= 11 is 0. The number of hydrogen-bond donors (Lipinski definition) is 0. The number of nitrogens with zero attached hydrogens (tertiary/aromatic N) is 3. The Hall–Kier alpha value is -3.02. The zero-order chi connectivity index (χ0) is 17.6. The van der Waals surface area contributed by atoms with Gasteiger partial charge in [-0.1, -0.05) is 24.3 Å². The lowest BCUT2D eigenvalue weighted by atomic mass is 9.80. The number of carbonyl (C=O) groups excluding carboxylic acids is 2. The minimum absolute atomic E-state index is 0.0546. The van der Waals surface area contributed by atoms with Crippen molar-refractivity contribution in [2.75, 3.05) is 7.11 Å². The molecule has 0 bridgehead atoms. The van der Waals surface area contributed by atoms with Gasteiger partial charge in [0.2, 0.25) is 0 Å². The molecular weight excluding hydrogens is 318 g/mol. The van der Waals surface area contributed by atoms with Crippen molar-refractivity contribution in [2.45, 2.75) is 25.7 Å². The monoisotopic (exact) mass is 335 g/mol. The maximum absolute atomic E-state index is 12.6. The molecule has 6 nitrogen and oxygen atoms in total. The third-order valence-corrected chi connectivity index (χ3v) is 4.83. The highest BCUT2D eigenvalue weighted by Gasteiger charge is 2.30. The number of benzene rings is 1.